The lowest BCUT2D eigenvalue weighted by Gasteiger charge is -2.29. The highest BCUT2D eigenvalue weighted by molar-refractivity contribution is 7.92. The summed E-state index contributed by atoms with van der Waals surface area (Å²) in [6, 6.07) is 36.9. The summed E-state index contributed by atoms with van der Waals surface area (Å²) in [5.74, 6) is -1.44. The summed E-state index contributed by atoms with van der Waals surface area (Å²) in [7, 11) is -1.80. The number of fused-ring (bicyclic) bond motifs is 12. The Kier molecular flexibility index (Phi) is 14.9. The Balaban J connectivity index is 0.000000168. The second kappa shape index (κ2) is 22.7. The smallest absolute Gasteiger partial charge is 0.255 e. The number of rotatable bonds is 12. The first-order chi connectivity index (χ1) is 44.0. The maximum Gasteiger partial charge on any atom is 0.255 e. The third-order valence-electron chi connectivity index (χ3n) is 16.3. The van der Waals surface area contributed by atoms with Gasteiger partial charge in [0.2, 0.25) is 20.0 Å². The third kappa shape index (κ3) is 10.2. The van der Waals surface area contributed by atoms with E-state index in [1.165, 1.54) is 101 Å². The van der Waals surface area contributed by atoms with E-state index in [1.54, 1.807) is 81.9 Å². The molecule has 0 fully saturated rings. The molecule has 2 atom stereocenters. The van der Waals surface area contributed by atoms with Crippen molar-refractivity contribution in [3.63, 3.8) is 0 Å². The fourth-order valence-electron chi connectivity index (χ4n) is 11.7. The lowest BCUT2D eigenvalue weighted by molar-refractivity contribution is 0.0956. The monoisotopic (exact) mass is 1290 g/mol. The Hall–Kier alpha value is -10.5. The highest BCUT2D eigenvalue weighted by Crippen LogP contribution is 2.48. The summed E-state index contributed by atoms with van der Waals surface area (Å²) in [6.45, 7) is 0.237. The van der Waals surface area contributed by atoms with Crippen molar-refractivity contribution in [3.8, 4) is 79.4 Å². The topological polar surface area (TPSA) is 265 Å². The van der Waals surface area contributed by atoms with Crippen LogP contribution in [0.5, 0.6) is 11.5 Å². The van der Waals surface area contributed by atoms with Crippen LogP contribution in [0.15, 0.2) is 154 Å². The summed E-state index contributed by atoms with van der Waals surface area (Å²) in [4.78, 5) is 36.3. The number of amides is 2. The van der Waals surface area contributed by atoms with Crippen molar-refractivity contribution < 1.29 is 62.3 Å². The molecule has 20 nitrogen and oxygen atoms in total. The summed E-state index contributed by atoms with van der Waals surface area (Å²) < 4.78 is 139. The first-order valence-corrected chi connectivity index (χ1v) is 32.1. The van der Waals surface area contributed by atoms with Crippen molar-refractivity contribution in [1.82, 2.24) is 29.7 Å². The molecule has 12 aromatic rings. The van der Waals surface area contributed by atoms with Crippen LogP contribution in [0.3, 0.4) is 0 Å². The minimum absolute atomic E-state index is 0.119. The molecule has 0 aliphatic carbocycles. The maximum atomic E-state index is 14.9. The van der Waals surface area contributed by atoms with Crippen molar-refractivity contribution in [2.24, 2.45) is 11.5 Å². The van der Waals surface area contributed by atoms with Crippen LogP contribution in [0.1, 0.15) is 33.2 Å². The van der Waals surface area contributed by atoms with E-state index in [2.05, 4.69) is 10.6 Å². The van der Waals surface area contributed by atoms with Gasteiger partial charge in [-0.05, 0) is 121 Å². The van der Waals surface area contributed by atoms with Gasteiger partial charge in [0, 0.05) is 97.2 Å². The van der Waals surface area contributed by atoms with E-state index in [-0.39, 0.29) is 58.3 Å². The average Bonchev–Trinajstić information content (AvgIpc) is 1.56. The van der Waals surface area contributed by atoms with Crippen molar-refractivity contribution in [2.75, 3.05) is 62.4 Å². The number of carbonyl (C=O) groups excluding carboxylic acids is 2. The van der Waals surface area contributed by atoms with E-state index in [9.17, 15) is 44.0 Å². The molecule has 2 aliphatic rings. The predicted molar refractivity (Wildman–Crippen MR) is 342 cm³/mol. The van der Waals surface area contributed by atoms with Crippen LogP contribution in [-0.2, 0) is 20.0 Å². The number of nitrogens with two attached hydrogens (primary N) is 2. The van der Waals surface area contributed by atoms with E-state index >= 15 is 0 Å². The van der Waals surface area contributed by atoms with Gasteiger partial charge in [-0.2, -0.15) is 0 Å². The van der Waals surface area contributed by atoms with E-state index in [0.29, 0.717) is 100 Å². The predicted octanol–water partition coefficient (Wildman–Crippen LogP) is 11.3. The largest absolute Gasteiger partial charge is 0.466 e. The van der Waals surface area contributed by atoms with Crippen molar-refractivity contribution in [2.45, 2.75) is 12.5 Å². The molecule has 2 amide bonds. The lowest BCUT2D eigenvalue weighted by atomic mass is 10.0. The van der Waals surface area contributed by atoms with E-state index < -0.39 is 67.6 Å². The first-order valence-electron chi connectivity index (χ1n) is 28.4. The minimum atomic E-state index is -3.78. The second-order valence-corrected chi connectivity index (χ2v) is 25.9. The van der Waals surface area contributed by atoms with Crippen LogP contribution < -0.4 is 40.2 Å². The van der Waals surface area contributed by atoms with Gasteiger partial charge in [0.1, 0.15) is 68.8 Å². The second-order valence-electron chi connectivity index (χ2n) is 21.8. The van der Waals surface area contributed by atoms with Crippen molar-refractivity contribution >= 4 is 87.0 Å². The zero-order valence-electron chi connectivity index (χ0n) is 49.7. The first kappa shape index (κ1) is 60.4. The number of nitrogens with one attached hydrogen (secondary N) is 2. The molecule has 0 spiro atoms. The number of halogens is 4. The molecule has 0 radical (unpaired) electrons. The standard InChI is InChI=1S/2C33H27F2N5O5S/c2*1-37-33(41)30-21-13-20(25(39(2)46(3,42)43)15-28(21)45-32(30)17-7-9-18(34)10-8-17)23-11-12-27-31(38-23)26-14-19-22(35)5-4-6-24(19)40(26)29(16-36)44-27/h2*4-15,29H,16,36H2,1-3H3,(H,37,41). The fraction of sp³-hybridized carbons (Fsp3) is 0.152. The van der Waals surface area contributed by atoms with Gasteiger partial charge in [0.15, 0.2) is 12.5 Å². The van der Waals surface area contributed by atoms with Crippen molar-refractivity contribution in [1.29, 1.82) is 0 Å². The van der Waals surface area contributed by atoms with Crippen LogP contribution in [0.25, 0.3) is 112 Å². The molecular formula is C66H54F4N10O10S2. The summed E-state index contributed by atoms with van der Waals surface area (Å²) in [5, 5.41) is 6.77. The van der Waals surface area contributed by atoms with Gasteiger partial charge in [-0.3, -0.25) is 18.2 Å². The molecule has 6 N–H and O–H groups in total. The normalized spacial score (nSPS) is 14.2. The molecule has 2 aliphatic heterocycles. The number of aromatic nitrogens is 4. The Bertz CT molecular complexity index is 4960. The van der Waals surface area contributed by atoms with Crippen LogP contribution in [0.2, 0.25) is 0 Å². The number of pyridine rings is 2. The number of hydrogen-bond acceptors (Lipinski definition) is 14. The van der Waals surface area contributed by atoms with Gasteiger partial charge in [0.05, 0.1) is 68.8 Å². The lowest BCUT2D eigenvalue weighted by Crippen LogP contribution is -2.28. The number of benzene rings is 6. The van der Waals surface area contributed by atoms with Crippen LogP contribution >= 0.6 is 0 Å². The molecule has 0 saturated heterocycles. The summed E-state index contributed by atoms with van der Waals surface area (Å²) in [6.07, 6.45) is 0.918. The molecule has 468 valence electrons. The highest BCUT2D eigenvalue weighted by atomic mass is 32.2. The average molecular weight is 1290 g/mol. The number of hydrogen-bond donors (Lipinski definition) is 4. The zero-order valence-corrected chi connectivity index (χ0v) is 51.3. The SMILES string of the molecule is CNC(=O)c1c(-c2ccc(F)cc2)oc2cc(N(C)S(C)(=O)=O)c(-c3ccc4c(n3)-c3cc5c(F)cccc5n3C(CN)O4)cc12.CNC(=O)c1c(-c2ccc(F)cc2)oc2cc(N(C)S(C)(=O)=O)c(-c3ccc4c(n3)-c3cc5c(F)cccc5n3C(CN)O4)cc12. The van der Waals surface area contributed by atoms with Gasteiger partial charge in [-0.25, -0.2) is 44.4 Å². The number of furan rings is 2. The van der Waals surface area contributed by atoms with Gasteiger partial charge in [-0.15, -0.1) is 0 Å². The zero-order chi connectivity index (χ0) is 65.0. The Morgan fingerprint density at radius 1 is 0.533 bits per heavy atom. The maximum absolute atomic E-state index is 14.9. The van der Waals surface area contributed by atoms with Gasteiger partial charge < -0.3 is 49.5 Å². The molecule has 8 heterocycles. The molecular weight excluding hydrogens is 1230 g/mol. The van der Waals surface area contributed by atoms with Crippen LogP contribution in [-0.4, -0.2) is 102 Å². The highest BCUT2D eigenvalue weighted by Gasteiger charge is 2.34. The number of sulfonamides is 2. The summed E-state index contributed by atoms with van der Waals surface area (Å²) >= 11 is 0. The molecule has 92 heavy (non-hydrogen) atoms. The number of ether oxygens (including phenoxy) is 2. The molecule has 2 unspecified atom stereocenters. The van der Waals surface area contributed by atoms with E-state index in [1.807, 2.05) is 0 Å². The Morgan fingerprint density at radius 2 is 0.913 bits per heavy atom. The molecule has 0 saturated carbocycles. The van der Waals surface area contributed by atoms with Gasteiger partial charge in [-0.1, -0.05) is 12.1 Å². The molecule has 6 aromatic heterocycles. The van der Waals surface area contributed by atoms with E-state index in [4.69, 9.17) is 39.7 Å². The third-order valence-corrected chi connectivity index (χ3v) is 18.7. The molecule has 0 bridgehead atoms. The fourth-order valence-corrected chi connectivity index (χ4v) is 12.7. The van der Waals surface area contributed by atoms with Crippen molar-refractivity contribution in [3.05, 3.63) is 180 Å². The number of anilines is 2. The number of nitrogens with zero attached hydrogens (tertiary/aromatic N) is 6. The molecule has 14 rings (SSSR count). The quantitative estimate of drug-likeness (QED) is 0.0829. The van der Waals surface area contributed by atoms with Crippen LogP contribution in [0, 0.1) is 23.3 Å². The Labute approximate surface area is 522 Å². The molecule has 6 aromatic carbocycles. The van der Waals surface area contributed by atoms with E-state index in [0.717, 1.165) is 21.1 Å². The van der Waals surface area contributed by atoms with Gasteiger partial charge >= 0.3 is 0 Å². The van der Waals surface area contributed by atoms with Gasteiger partial charge in [0.25, 0.3) is 11.8 Å². The number of carbonyl (C=O) groups is 2. The summed E-state index contributed by atoms with van der Waals surface area (Å²) in [5.41, 5.74) is 18.9. The van der Waals surface area contributed by atoms with Crippen LogP contribution in [0.4, 0.5) is 28.9 Å². The minimum Gasteiger partial charge on any atom is -0.466 e. The molecule has 26 heteroatoms. The Morgan fingerprint density at radius 3 is 1.26 bits per heavy atom.